The van der Waals surface area contributed by atoms with Gasteiger partial charge in [0, 0.05) is 24.8 Å². The summed E-state index contributed by atoms with van der Waals surface area (Å²) in [6.07, 6.45) is 0. The maximum atomic E-state index is 6.11. The Morgan fingerprint density at radius 1 is 1.29 bits per heavy atom. The Hall–Kier alpha value is -0.770. The lowest BCUT2D eigenvalue weighted by molar-refractivity contribution is 0.0503. The van der Waals surface area contributed by atoms with Crippen LogP contribution in [0.1, 0.15) is 26.3 Å². The predicted octanol–water partition coefficient (Wildman–Crippen LogP) is 3.21. The van der Waals surface area contributed by atoms with Crippen LogP contribution in [-0.4, -0.2) is 19.4 Å². The summed E-state index contributed by atoms with van der Waals surface area (Å²) in [7, 11) is 1.59. The molecular weight excluding hydrogens is 238 g/mol. The first-order chi connectivity index (χ1) is 7.94. The summed E-state index contributed by atoms with van der Waals surface area (Å²) >= 11 is 6.11. The smallest absolute Gasteiger partial charge is 0.188 e. The minimum atomic E-state index is 0.0564. The number of para-hydroxylation sites is 1. The number of nitrogens with one attached hydrogen (secondary N) is 1. The van der Waals surface area contributed by atoms with Crippen molar-refractivity contribution >= 4 is 11.6 Å². The highest BCUT2D eigenvalue weighted by molar-refractivity contribution is 6.32. The van der Waals surface area contributed by atoms with Crippen molar-refractivity contribution in [1.82, 2.24) is 5.32 Å². The van der Waals surface area contributed by atoms with E-state index in [1.807, 2.05) is 18.2 Å². The van der Waals surface area contributed by atoms with Gasteiger partial charge in [0.25, 0.3) is 0 Å². The normalized spacial score (nSPS) is 11.6. The molecule has 17 heavy (non-hydrogen) atoms. The van der Waals surface area contributed by atoms with Crippen LogP contribution in [0.15, 0.2) is 18.2 Å². The van der Waals surface area contributed by atoms with Gasteiger partial charge in [0.05, 0.1) is 5.02 Å². The van der Waals surface area contributed by atoms with Gasteiger partial charge in [0.15, 0.2) is 6.79 Å². The molecule has 0 radical (unpaired) electrons. The topological polar surface area (TPSA) is 30.5 Å². The second kappa shape index (κ2) is 6.24. The van der Waals surface area contributed by atoms with Crippen LogP contribution in [0.4, 0.5) is 0 Å². The lowest BCUT2D eigenvalue weighted by Gasteiger charge is -2.22. The number of halogens is 1. The highest BCUT2D eigenvalue weighted by Gasteiger charge is 2.12. The van der Waals surface area contributed by atoms with Crippen molar-refractivity contribution in [3.8, 4) is 5.75 Å². The number of benzene rings is 1. The zero-order valence-corrected chi connectivity index (χ0v) is 11.6. The molecule has 3 nitrogen and oxygen atoms in total. The minimum Gasteiger partial charge on any atom is -0.466 e. The van der Waals surface area contributed by atoms with Crippen molar-refractivity contribution in [2.45, 2.75) is 32.9 Å². The fourth-order valence-corrected chi connectivity index (χ4v) is 1.58. The fraction of sp³-hybridized carbons (Fsp3) is 0.538. The zero-order chi connectivity index (χ0) is 12.9. The quantitative estimate of drug-likeness (QED) is 0.822. The molecule has 1 rings (SSSR count). The van der Waals surface area contributed by atoms with E-state index in [4.69, 9.17) is 21.1 Å². The lowest BCUT2D eigenvalue weighted by atomic mass is 10.1. The first-order valence-corrected chi connectivity index (χ1v) is 5.96. The average molecular weight is 258 g/mol. The van der Waals surface area contributed by atoms with Gasteiger partial charge >= 0.3 is 0 Å². The third-order valence-electron chi connectivity index (χ3n) is 2.18. The molecule has 0 atom stereocenters. The molecule has 0 saturated carbocycles. The number of ether oxygens (including phenoxy) is 2. The van der Waals surface area contributed by atoms with Gasteiger partial charge in [-0.2, -0.15) is 0 Å². The molecule has 0 amide bonds. The van der Waals surface area contributed by atoms with Crippen molar-refractivity contribution in [2.75, 3.05) is 13.9 Å². The van der Waals surface area contributed by atoms with Crippen LogP contribution in [0.3, 0.4) is 0 Å². The zero-order valence-electron chi connectivity index (χ0n) is 10.8. The van der Waals surface area contributed by atoms with Crippen molar-refractivity contribution in [3.63, 3.8) is 0 Å². The molecule has 0 aliphatic rings. The number of hydrogen-bond donors (Lipinski definition) is 1. The van der Waals surface area contributed by atoms with E-state index in [9.17, 15) is 0 Å². The van der Waals surface area contributed by atoms with Crippen LogP contribution in [0.5, 0.6) is 5.75 Å². The maximum absolute atomic E-state index is 6.11. The molecule has 1 aromatic carbocycles. The Bertz CT molecular complexity index is 361. The van der Waals surface area contributed by atoms with Crippen LogP contribution in [-0.2, 0) is 11.3 Å². The second-order valence-corrected chi connectivity index (χ2v) is 5.29. The van der Waals surface area contributed by atoms with Crippen LogP contribution >= 0.6 is 11.6 Å². The second-order valence-electron chi connectivity index (χ2n) is 4.88. The third-order valence-corrected chi connectivity index (χ3v) is 2.48. The Labute approximate surface area is 108 Å². The molecule has 0 unspecified atom stereocenters. The Morgan fingerprint density at radius 2 is 2.00 bits per heavy atom. The third kappa shape index (κ3) is 4.94. The molecule has 1 N–H and O–H groups in total. The Balaban J connectivity index is 2.79. The molecule has 0 aliphatic carbocycles. The highest BCUT2D eigenvalue weighted by atomic mass is 35.5. The van der Waals surface area contributed by atoms with Crippen molar-refractivity contribution in [2.24, 2.45) is 0 Å². The van der Waals surface area contributed by atoms with E-state index in [1.54, 1.807) is 7.11 Å². The highest BCUT2D eigenvalue weighted by Crippen LogP contribution is 2.28. The van der Waals surface area contributed by atoms with Crippen molar-refractivity contribution < 1.29 is 9.47 Å². The van der Waals surface area contributed by atoms with E-state index in [2.05, 4.69) is 26.1 Å². The number of hydrogen-bond acceptors (Lipinski definition) is 3. The van der Waals surface area contributed by atoms with Gasteiger partial charge in [0.2, 0.25) is 0 Å². The molecule has 0 spiro atoms. The summed E-state index contributed by atoms with van der Waals surface area (Å²) in [6, 6.07) is 5.73. The molecular formula is C13H20ClNO2. The van der Waals surface area contributed by atoms with Crippen LogP contribution in [0.2, 0.25) is 5.02 Å². The summed E-state index contributed by atoms with van der Waals surface area (Å²) < 4.78 is 10.4. The summed E-state index contributed by atoms with van der Waals surface area (Å²) in [5.41, 5.74) is 1.09. The minimum absolute atomic E-state index is 0.0564. The molecule has 4 heteroatoms. The van der Waals surface area contributed by atoms with E-state index in [0.29, 0.717) is 17.3 Å². The summed E-state index contributed by atoms with van der Waals surface area (Å²) in [5, 5.41) is 4.01. The van der Waals surface area contributed by atoms with Crippen molar-refractivity contribution in [3.05, 3.63) is 28.8 Å². The van der Waals surface area contributed by atoms with Gasteiger partial charge in [-0.15, -0.1) is 0 Å². The van der Waals surface area contributed by atoms with Crippen LogP contribution in [0.25, 0.3) is 0 Å². The first-order valence-electron chi connectivity index (χ1n) is 5.58. The Kier molecular flexibility index (Phi) is 5.25. The van der Waals surface area contributed by atoms with E-state index < -0.39 is 0 Å². The molecule has 1 aromatic rings. The van der Waals surface area contributed by atoms with E-state index in [1.165, 1.54) is 0 Å². The lowest BCUT2D eigenvalue weighted by Crippen LogP contribution is -2.35. The monoisotopic (exact) mass is 257 g/mol. The largest absolute Gasteiger partial charge is 0.466 e. The molecule has 0 bridgehead atoms. The molecule has 0 fully saturated rings. The number of methoxy groups -OCH3 is 1. The average Bonchev–Trinajstić information content (AvgIpc) is 2.24. The maximum Gasteiger partial charge on any atom is 0.188 e. The van der Waals surface area contributed by atoms with E-state index >= 15 is 0 Å². The first kappa shape index (κ1) is 14.3. The van der Waals surface area contributed by atoms with Gasteiger partial charge < -0.3 is 14.8 Å². The fourth-order valence-electron chi connectivity index (χ4n) is 1.33. The van der Waals surface area contributed by atoms with E-state index in [-0.39, 0.29) is 12.3 Å². The SMILES string of the molecule is COCOc1c(Cl)cccc1CNC(C)(C)C. The summed E-state index contributed by atoms with van der Waals surface area (Å²) in [5.74, 6) is 0.688. The van der Waals surface area contributed by atoms with Gasteiger partial charge in [-0.25, -0.2) is 0 Å². The molecule has 0 aliphatic heterocycles. The van der Waals surface area contributed by atoms with Crippen LogP contribution in [0, 0.1) is 0 Å². The molecule has 0 aromatic heterocycles. The van der Waals surface area contributed by atoms with Crippen molar-refractivity contribution in [1.29, 1.82) is 0 Å². The molecule has 0 saturated heterocycles. The summed E-state index contributed by atoms with van der Waals surface area (Å²) in [6.45, 7) is 7.27. The van der Waals surface area contributed by atoms with Gasteiger partial charge in [-0.1, -0.05) is 23.7 Å². The van der Waals surface area contributed by atoms with E-state index in [0.717, 1.165) is 5.56 Å². The van der Waals surface area contributed by atoms with Crippen LogP contribution < -0.4 is 10.1 Å². The summed E-state index contributed by atoms with van der Waals surface area (Å²) in [4.78, 5) is 0. The van der Waals surface area contributed by atoms with Gasteiger partial charge in [0.1, 0.15) is 5.75 Å². The Morgan fingerprint density at radius 3 is 2.59 bits per heavy atom. The predicted molar refractivity (Wildman–Crippen MR) is 70.5 cm³/mol. The van der Waals surface area contributed by atoms with Gasteiger partial charge in [-0.05, 0) is 26.8 Å². The number of rotatable bonds is 5. The van der Waals surface area contributed by atoms with Gasteiger partial charge in [-0.3, -0.25) is 0 Å². The molecule has 96 valence electrons. The standard InChI is InChI=1S/C13H20ClNO2/c1-13(2,3)15-8-10-6-5-7-11(14)12(10)17-9-16-4/h5-7,15H,8-9H2,1-4H3. The molecule has 0 heterocycles.